The van der Waals surface area contributed by atoms with Crippen LogP contribution in [0.1, 0.15) is 34.7 Å². The Morgan fingerprint density at radius 1 is 1.00 bits per heavy atom. The molecule has 1 aliphatic heterocycles. The average Bonchev–Trinajstić information content (AvgIpc) is 2.76. The molecule has 1 aromatic heterocycles. The molecular weight excluding hydrogens is 364 g/mol. The lowest BCUT2D eigenvalue weighted by Gasteiger charge is -2.38. The summed E-state index contributed by atoms with van der Waals surface area (Å²) in [4.78, 5) is 34.4. The smallest absolute Gasteiger partial charge is 0.261 e. The zero-order valence-corrected chi connectivity index (χ0v) is 17.1. The van der Waals surface area contributed by atoms with Crippen molar-refractivity contribution in [3.63, 3.8) is 0 Å². The Morgan fingerprint density at radius 2 is 1.66 bits per heavy atom. The third-order valence-corrected chi connectivity index (χ3v) is 5.84. The molecule has 1 saturated heterocycles. The first-order valence-electron chi connectivity index (χ1n) is 10.0. The van der Waals surface area contributed by atoms with E-state index in [1.807, 2.05) is 60.4 Å². The van der Waals surface area contributed by atoms with Crippen molar-refractivity contribution in [2.24, 2.45) is 7.05 Å². The van der Waals surface area contributed by atoms with Crippen LogP contribution in [0.3, 0.4) is 0 Å². The maximum absolute atomic E-state index is 12.8. The van der Waals surface area contributed by atoms with Gasteiger partial charge in [-0.15, -0.1) is 0 Å². The zero-order chi connectivity index (χ0) is 20.5. The van der Waals surface area contributed by atoms with Crippen molar-refractivity contribution < 1.29 is 4.79 Å². The molecule has 150 valence electrons. The normalized spacial score (nSPS) is 16.2. The van der Waals surface area contributed by atoms with Gasteiger partial charge in [0.1, 0.15) is 5.82 Å². The number of hydrogen-bond acceptors (Lipinski definition) is 4. The van der Waals surface area contributed by atoms with E-state index in [0.29, 0.717) is 18.5 Å². The zero-order valence-electron chi connectivity index (χ0n) is 17.1. The number of hydrogen-bond donors (Lipinski definition) is 0. The van der Waals surface area contributed by atoms with Crippen molar-refractivity contribution in [2.75, 3.05) is 26.2 Å². The fourth-order valence-corrected chi connectivity index (χ4v) is 3.96. The number of aryl methyl sites for hydroxylation is 1. The molecule has 0 N–H and O–H groups in total. The van der Waals surface area contributed by atoms with Gasteiger partial charge in [0.05, 0.1) is 16.9 Å². The van der Waals surface area contributed by atoms with Gasteiger partial charge >= 0.3 is 0 Å². The van der Waals surface area contributed by atoms with Gasteiger partial charge in [0.2, 0.25) is 0 Å². The van der Waals surface area contributed by atoms with Crippen LogP contribution in [-0.2, 0) is 7.05 Å². The van der Waals surface area contributed by atoms with E-state index >= 15 is 0 Å². The van der Waals surface area contributed by atoms with Crippen LogP contribution < -0.4 is 5.56 Å². The maximum Gasteiger partial charge on any atom is 0.261 e. The molecule has 0 saturated carbocycles. The van der Waals surface area contributed by atoms with Crippen LogP contribution >= 0.6 is 0 Å². The molecular formula is C23H26N4O2. The van der Waals surface area contributed by atoms with E-state index in [1.54, 1.807) is 11.6 Å². The second kappa shape index (κ2) is 7.79. The van der Waals surface area contributed by atoms with E-state index in [1.165, 1.54) is 0 Å². The van der Waals surface area contributed by atoms with Crippen molar-refractivity contribution in [2.45, 2.75) is 19.9 Å². The average molecular weight is 390 g/mol. The topological polar surface area (TPSA) is 58.4 Å². The van der Waals surface area contributed by atoms with Crippen molar-refractivity contribution in [3.8, 4) is 0 Å². The Balaban J connectivity index is 1.49. The second-order valence-corrected chi connectivity index (χ2v) is 7.72. The summed E-state index contributed by atoms with van der Waals surface area (Å²) in [6, 6.07) is 15.2. The highest BCUT2D eigenvalue weighted by Crippen LogP contribution is 2.21. The Morgan fingerprint density at radius 3 is 2.34 bits per heavy atom. The molecule has 1 unspecified atom stereocenters. The summed E-state index contributed by atoms with van der Waals surface area (Å²) in [5.41, 5.74) is 2.58. The van der Waals surface area contributed by atoms with Crippen LogP contribution in [0.5, 0.6) is 0 Å². The summed E-state index contributed by atoms with van der Waals surface area (Å²) in [5.74, 6) is 0.834. The van der Waals surface area contributed by atoms with Crippen LogP contribution in [0.25, 0.3) is 10.9 Å². The van der Waals surface area contributed by atoms with E-state index in [2.05, 4.69) is 11.8 Å². The van der Waals surface area contributed by atoms with Crippen LogP contribution in [0.4, 0.5) is 0 Å². The number of aromatic nitrogens is 2. The summed E-state index contributed by atoms with van der Waals surface area (Å²) in [6.07, 6.45) is 0. The lowest BCUT2D eigenvalue weighted by molar-refractivity contribution is 0.0572. The summed E-state index contributed by atoms with van der Waals surface area (Å²) in [5, 5.41) is 0.638. The van der Waals surface area contributed by atoms with Gasteiger partial charge in [-0.2, -0.15) is 0 Å². The van der Waals surface area contributed by atoms with Gasteiger partial charge in [0.15, 0.2) is 0 Å². The van der Waals surface area contributed by atoms with Gasteiger partial charge in [0.25, 0.3) is 11.5 Å². The predicted octanol–water partition coefficient (Wildman–Crippen LogP) is 2.76. The number of para-hydroxylation sites is 1. The number of carbonyl (C=O) groups is 1. The number of fused-ring (bicyclic) bond motifs is 1. The minimum absolute atomic E-state index is 0.00562. The highest BCUT2D eigenvalue weighted by molar-refractivity contribution is 5.94. The molecule has 29 heavy (non-hydrogen) atoms. The SMILES string of the molecule is Cc1ccc(C(=O)N2CCN(C(C)c3nc4ccccc4c(=O)n3C)CC2)cc1. The first-order chi connectivity index (χ1) is 14.0. The van der Waals surface area contributed by atoms with Crippen molar-refractivity contribution >= 4 is 16.8 Å². The van der Waals surface area contributed by atoms with Gasteiger partial charge in [-0.3, -0.25) is 19.1 Å². The van der Waals surface area contributed by atoms with Crippen molar-refractivity contribution in [1.29, 1.82) is 0 Å². The minimum Gasteiger partial charge on any atom is -0.336 e. The van der Waals surface area contributed by atoms with Gasteiger partial charge in [-0.25, -0.2) is 4.98 Å². The number of piperazine rings is 1. The molecule has 0 aliphatic carbocycles. The molecule has 6 heteroatoms. The summed E-state index contributed by atoms with van der Waals surface area (Å²) in [7, 11) is 1.78. The Hall–Kier alpha value is -2.99. The molecule has 2 aromatic carbocycles. The van der Waals surface area contributed by atoms with Crippen LogP contribution in [0, 0.1) is 6.92 Å². The molecule has 0 radical (unpaired) electrons. The van der Waals surface area contributed by atoms with Gasteiger partial charge in [-0.05, 0) is 38.1 Å². The highest BCUT2D eigenvalue weighted by atomic mass is 16.2. The lowest BCUT2D eigenvalue weighted by Crippen LogP contribution is -2.49. The molecule has 0 spiro atoms. The van der Waals surface area contributed by atoms with Crippen molar-refractivity contribution in [1.82, 2.24) is 19.4 Å². The van der Waals surface area contributed by atoms with E-state index < -0.39 is 0 Å². The number of amides is 1. The Bertz CT molecular complexity index is 1100. The molecule has 2 heterocycles. The van der Waals surface area contributed by atoms with E-state index in [0.717, 1.165) is 35.6 Å². The number of nitrogens with zero attached hydrogens (tertiary/aromatic N) is 4. The third-order valence-electron chi connectivity index (χ3n) is 5.84. The Labute approximate surface area is 170 Å². The first-order valence-corrected chi connectivity index (χ1v) is 10.0. The van der Waals surface area contributed by atoms with Crippen molar-refractivity contribution in [3.05, 3.63) is 75.8 Å². The molecule has 1 amide bonds. The molecule has 1 aliphatic rings. The number of rotatable bonds is 3. The van der Waals surface area contributed by atoms with Gasteiger partial charge < -0.3 is 4.90 Å². The van der Waals surface area contributed by atoms with Gasteiger partial charge in [0, 0.05) is 38.8 Å². The maximum atomic E-state index is 12.8. The van der Waals surface area contributed by atoms with E-state index in [-0.39, 0.29) is 17.5 Å². The molecule has 6 nitrogen and oxygen atoms in total. The lowest BCUT2D eigenvalue weighted by atomic mass is 10.1. The van der Waals surface area contributed by atoms with Crippen LogP contribution in [0.15, 0.2) is 53.3 Å². The summed E-state index contributed by atoms with van der Waals surface area (Å²) in [6.45, 7) is 6.93. The molecule has 3 aromatic rings. The fraction of sp³-hybridized carbons (Fsp3) is 0.348. The second-order valence-electron chi connectivity index (χ2n) is 7.72. The standard InChI is InChI=1S/C23H26N4O2/c1-16-8-10-18(11-9-16)22(28)27-14-12-26(13-15-27)17(2)21-24-20-7-5-4-6-19(20)23(29)25(21)3/h4-11,17H,12-15H2,1-3H3. The first kappa shape index (κ1) is 19.3. The molecule has 1 atom stereocenters. The number of benzene rings is 2. The largest absolute Gasteiger partial charge is 0.336 e. The summed E-state index contributed by atoms with van der Waals surface area (Å²) >= 11 is 0. The minimum atomic E-state index is -0.0226. The highest BCUT2D eigenvalue weighted by Gasteiger charge is 2.27. The van der Waals surface area contributed by atoms with Crippen LogP contribution in [0.2, 0.25) is 0 Å². The monoisotopic (exact) mass is 390 g/mol. The van der Waals surface area contributed by atoms with Crippen LogP contribution in [-0.4, -0.2) is 51.4 Å². The third kappa shape index (κ3) is 3.68. The Kier molecular flexibility index (Phi) is 5.20. The summed E-state index contributed by atoms with van der Waals surface area (Å²) < 4.78 is 1.65. The van der Waals surface area contributed by atoms with E-state index in [4.69, 9.17) is 4.98 Å². The molecule has 1 fully saturated rings. The molecule has 4 rings (SSSR count). The predicted molar refractivity (Wildman–Crippen MR) is 114 cm³/mol. The quantitative estimate of drug-likeness (QED) is 0.690. The van der Waals surface area contributed by atoms with Gasteiger partial charge in [-0.1, -0.05) is 29.8 Å². The fourth-order valence-electron chi connectivity index (χ4n) is 3.96. The molecule has 0 bridgehead atoms. The van der Waals surface area contributed by atoms with E-state index in [9.17, 15) is 9.59 Å². The number of carbonyl (C=O) groups excluding carboxylic acids is 1.